The zero-order valence-corrected chi connectivity index (χ0v) is 11.0. The van der Waals surface area contributed by atoms with E-state index in [0.29, 0.717) is 19.1 Å². The van der Waals surface area contributed by atoms with E-state index in [1.54, 1.807) is 0 Å². The van der Waals surface area contributed by atoms with Crippen molar-refractivity contribution < 1.29 is 10.2 Å². The van der Waals surface area contributed by atoms with Crippen LogP contribution in [0.25, 0.3) is 0 Å². The lowest BCUT2D eigenvalue weighted by Crippen LogP contribution is -2.22. The summed E-state index contributed by atoms with van der Waals surface area (Å²) in [7, 11) is 1.97. The van der Waals surface area contributed by atoms with Crippen LogP contribution in [0.4, 0.5) is 5.69 Å². The van der Waals surface area contributed by atoms with Gasteiger partial charge in [0.05, 0.1) is 12.2 Å². The average Bonchev–Trinajstić information content (AvgIpc) is 2.72. The third kappa shape index (κ3) is 2.66. The Morgan fingerprint density at radius 3 is 2.22 bits per heavy atom. The van der Waals surface area contributed by atoms with Crippen molar-refractivity contribution in [2.45, 2.75) is 31.6 Å². The van der Waals surface area contributed by atoms with Crippen LogP contribution in [0.3, 0.4) is 0 Å². The number of aliphatic hydroxyl groups excluding tert-OH is 2. The molecule has 2 rings (SSSR count). The molecule has 0 saturated carbocycles. The largest absolute Gasteiger partial charge is 0.389 e. The summed E-state index contributed by atoms with van der Waals surface area (Å²) in [5.41, 5.74) is 2.32. The highest BCUT2D eigenvalue weighted by molar-refractivity contribution is 5.49. The number of aliphatic hydroxyl groups is 2. The van der Waals surface area contributed by atoms with Gasteiger partial charge in [0.1, 0.15) is 0 Å². The zero-order chi connectivity index (χ0) is 13.1. The molecule has 1 aliphatic heterocycles. The van der Waals surface area contributed by atoms with E-state index < -0.39 is 12.2 Å². The first-order valence-electron chi connectivity index (χ1n) is 6.54. The molecule has 1 heterocycles. The van der Waals surface area contributed by atoms with Gasteiger partial charge in [-0.25, -0.2) is 0 Å². The summed E-state index contributed by atoms with van der Waals surface area (Å²) >= 11 is 0. The molecule has 3 atom stereocenters. The van der Waals surface area contributed by atoms with Crippen LogP contribution in [0.2, 0.25) is 0 Å². The maximum absolute atomic E-state index is 9.55. The molecule has 4 nitrogen and oxygen atoms in total. The van der Waals surface area contributed by atoms with Crippen LogP contribution in [-0.4, -0.2) is 42.6 Å². The first-order chi connectivity index (χ1) is 8.65. The predicted molar refractivity (Wildman–Crippen MR) is 72.8 cm³/mol. The predicted octanol–water partition coefficient (Wildman–Crippen LogP) is 0.899. The summed E-state index contributed by atoms with van der Waals surface area (Å²) in [5, 5.41) is 22.4. The van der Waals surface area contributed by atoms with E-state index >= 15 is 0 Å². The van der Waals surface area contributed by atoms with Crippen LogP contribution in [0.5, 0.6) is 0 Å². The second-order valence-electron chi connectivity index (χ2n) is 4.88. The number of benzene rings is 1. The molecule has 4 heteroatoms. The molecule has 1 aliphatic rings. The van der Waals surface area contributed by atoms with Gasteiger partial charge in [0.2, 0.25) is 0 Å². The molecule has 0 radical (unpaired) electrons. The van der Waals surface area contributed by atoms with Crippen LogP contribution >= 0.6 is 0 Å². The Hall–Kier alpha value is -1.10. The lowest BCUT2D eigenvalue weighted by Gasteiger charge is -2.20. The Morgan fingerprint density at radius 2 is 1.78 bits per heavy atom. The molecule has 18 heavy (non-hydrogen) atoms. The van der Waals surface area contributed by atoms with Crippen LogP contribution in [0, 0.1) is 0 Å². The van der Waals surface area contributed by atoms with Gasteiger partial charge in [-0.2, -0.15) is 0 Å². The van der Waals surface area contributed by atoms with Gasteiger partial charge in [0.25, 0.3) is 0 Å². The molecule has 1 saturated heterocycles. The Balaban J connectivity index is 2.08. The first kappa shape index (κ1) is 13.3. The Morgan fingerprint density at radius 1 is 1.22 bits per heavy atom. The van der Waals surface area contributed by atoms with Gasteiger partial charge in [-0.05, 0) is 31.2 Å². The zero-order valence-electron chi connectivity index (χ0n) is 11.0. The fourth-order valence-corrected chi connectivity index (χ4v) is 2.50. The Kier molecular flexibility index (Phi) is 4.22. The molecule has 1 fully saturated rings. The van der Waals surface area contributed by atoms with Crippen LogP contribution in [0.1, 0.15) is 24.9 Å². The molecule has 1 aromatic carbocycles. The topological polar surface area (TPSA) is 55.7 Å². The minimum atomic E-state index is -0.634. The maximum atomic E-state index is 9.55. The number of anilines is 1. The van der Waals surface area contributed by atoms with E-state index in [0.717, 1.165) is 12.1 Å². The van der Waals surface area contributed by atoms with Crippen LogP contribution in [0.15, 0.2) is 24.3 Å². The minimum absolute atomic E-state index is 0.383. The number of rotatable bonds is 4. The summed E-state index contributed by atoms with van der Waals surface area (Å²) in [6.45, 7) is 3.16. The fraction of sp³-hybridized carbons (Fsp3) is 0.571. The second-order valence-corrected chi connectivity index (χ2v) is 4.88. The normalized spacial score (nSPS) is 25.4. The molecule has 0 aliphatic carbocycles. The van der Waals surface area contributed by atoms with Crippen molar-refractivity contribution in [3.8, 4) is 0 Å². The van der Waals surface area contributed by atoms with Crippen molar-refractivity contribution in [2.75, 3.05) is 25.0 Å². The summed E-state index contributed by atoms with van der Waals surface area (Å²) in [6.07, 6.45) is -0.215. The molecule has 0 spiro atoms. The van der Waals surface area contributed by atoms with Crippen molar-refractivity contribution in [2.24, 2.45) is 0 Å². The minimum Gasteiger partial charge on any atom is -0.389 e. The fourth-order valence-electron chi connectivity index (χ4n) is 2.50. The molecular formula is C14H22N2O2. The quantitative estimate of drug-likeness (QED) is 0.743. The third-order valence-corrected chi connectivity index (χ3v) is 3.68. The third-order valence-electron chi connectivity index (χ3n) is 3.68. The summed E-state index contributed by atoms with van der Waals surface area (Å²) < 4.78 is 0. The van der Waals surface area contributed by atoms with E-state index in [1.165, 1.54) is 5.56 Å². The van der Waals surface area contributed by atoms with Gasteiger partial charge in [-0.1, -0.05) is 19.1 Å². The van der Waals surface area contributed by atoms with Crippen molar-refractivity contribution in [3.05, 3.63) is 29.8 Å². The van der Waals surface area contributed by atoms with E-state index in [4.69, 9.17) is 0 Å². The molecule has 0 aromatic heterocycles. The van der Waals surface area contributed by atoms with Gasteiger partial charge < -0.3 is 20.4 Å². The highest BCUT2D eigenvalue weighted by Crippen LogP contribution is 2.24. The lowest BCUT2D eigenvalue weighted by atomic mass is 10.0. The van der Waals surface area contributed by atoms with E-state index in [-0.39, 0.29) is 0 Å². The second kappa shape index (κ2) is 5.69. The molecular weight excluding hydrogens is 228 g/mol. The van der Waals surface area contributed by atoms with Crippen LogP contribution in [-0.2, 0) is 0 Å². The Bertz CT molecular complexity index is 366. The van der Waals surface area contributed by atoms with Gasteiger partial charge in [-0.3, -0.25) is 0 Å². The van der Waals surface area contributed by atoms with Crippen LogP contribution < -0.4 is 10.2 Å². The SMILES string of the molecule is CCC(NC)c1ccc(N2CC(O)C(O)C2)cc1. The van der Waals surface area contributed by atoms with Gasteiger partial charge >= 0.3 is 0 Å². The van der Waals surface area contributed by atoms with Crippen molar-refractivity contribution in [1.29, 1.82) is 0 Å². The molecule has 0 bridgehead atoms. The number of β-amino-alcohol motifs (C(OH)–C–C–N with tert-alkyl or cyclic N) is 2. The summed E-state index contributed by atoms with van der Waals surface area (Å²) in [5.74, 6) is 0. The van der Waals surface area contributed by atoms with Gasteiger partial charge in [0.15, 0.2) is 0 Å². The van der Waals surface area contributed by atoms with E-state index in [9.17, 15) is 10.2 Å². The first-order valence-corrected chi connectivity index (χ1v) is 6.54. The molecule has 100 valence electrons. The summed E-state index contributed by atoms with van der Waals surface area (Å²) in [4.78, 5) is 2.01. The molecule has 1 aromatic rings. The maximum Gasteiger partial charge on any atom is 0.0990 e. The highest BCUT2D eigenvalue weighted by atomic mass is 16.3. The van der Waals surface area contributed by atoms with Gasteiger partial charge in [0, 0.05) is 24.8 Å². The lowest BCUT2D eigenvalue weighted by molar-refractivity contribution is 0.0572. The van der Waals surface area contributed by atoms with Crippen molar-refractivity contribution in [1.82, 2.24) is 5.32 Å². The standard InChI is InChI=1S/C14H22N2O2/c1-3-12(15-2)10-4-6-11(7-5-10)16-8-13(17)14(18)9-16/h4-7,12-15,17-18H,3,8-9H2,1-2H3. The number of hydrogen-bond donors (Lipinski definition) is 3. The molecule has 3 N–H and O–H groups in total. The smallest absolute Gasteiger partial charge is 0.0990 e. The number of nitrogens with zero attached hydrogens (tertiary/aromatic N) is 1. The van der Waals surface area contributed by atoms with Crippen molar-refractivity contribution in [3.63, 3.8) is 0 Å². The number of hydrogen-bond acceptors (Lipinski definition) is 4. The highest BCUT2D eigenvalue weighted by Gasteiger charge is 2.29. The van der Waals surface area contributed by atoms with Gasteiger partial charge in [-0.15, -0.1) is 0 Å². The number of nitrogens with one attached hydrogen (secondary N) is 1. The summed E-state index contributed by atoms with van der Waals surface area (Å²) in [6, 6.07) is 8.71. The molecule has 0 amide bonds. The molecule has 3 unspecified atom stereocenters. The van der Waals surface area contributed by atoms with E-state index in [1.807, 2.05) is 11.9 Å². The average molecular weight is 250 g/mol. The van der Waals surface area contributed by atoms with E-state index in [2.05, 4.69) is 36.5 Å². The van der Waals surface area contributed by atoms with Crippen molar-refractivity contribution >= 4 is 5.69 Å². The monoisotopic (exact) mass is 250 g/mol. The Labute approximate surface area is 108 Å².